The molecular formula is C5H20Si4. The van der Waals surface area contributed by atoms with Gasteiger partial charge in [0.1, 0.15) is 0 Å². The third-order valence-corrected chi connectivity index (χ3v) is 22.5. The largest absolute Gasteiger partial charge is 0.0698 e. The maximum Gasteiger partial charge on any atom is 0.0431 e. The van der Waals surface area contributed by atoms with Gasteiger partial charge in [0.2, 0.25) is 0 Å². The van der Waals surface area contributed by atoms with Crippen LogP contribution in [0.2, 0.25) is 23.0 Å². The summed E-state index contributed by atoms with van der Waals surface area (Å²) in [7, 11) is 3.94. The molecule has 0 saturated heterocycles. The summed E-state index contributed by atoms with van der Waals surface area (Å²) in [6, 6.07) is 1.59. The fourth-order valence-corrected chi connectivity index (χ4v) is 27.0. The lowest BCUT2D eigenvalue weighted by Crippen LogP contribution is -2.33. The molecule has 0 nitrogen and oxygen atoms in total. The quantitative estimate of drug-likeness (QED) is 0.472. The Balaban J connectivity index is 3.82. The van der Waals surface area contributed by atoms with Crippen LogP contribution in [-0.2, 0) is 0 Å². The SMILES string of the molecule is CC[Si](C[SiH3])(C[SiH3])C[SiH3]. The van der Waals surface area contributed by atoms with Gasteiger partial charge >= 0.3 is 0 Å². The van der Waals surface area contributed by atoms with Gasteiger partial charge in [-0.1, -0.05) is 30.0 Å². The Morgan fingerprint density at radius 1 is 1.00 bits per heavy atom. The minimum Gasteiger partial charge on any atom is -0.0698 e. The van der Waals surface area contributed by atoms with E-state index < -0.39 is 8.07 Å². The van der Waals surface area contributed by atoms with Gasteiger partial charge in [-0.3, -0.25) is 0 Å². The molecule has 0 bridgehead atoms. The first-order valence-corrected chi connectivity index (χ1v) is 11.3. The van der Waals surface area contributed by atoms with E-state index in [2.05, 4.69) is 6.92 Å². The summed E-state index contributed by atoms with van der Waals surface area (Å²) in [5.74, 6) is 0. The van der Waals surface area contributed by atoms with Crippen LogP contribution in [0.5, 0.6) is 0 Å². The molecule has 0 rings (SSSR count). The summed E-state index contributed by atoms with van der Waals surface area (Å²) < 4.78 is 0. The zero-order chi connectivity index (χ0) is 7.33. The van der Waals surface area contributed by atoms with E-state index in [1.165, 1.54) is 30.7 Å². The van der Waals surface area contributed by atoms with Gasteiger partial charge in [-0.05, 0) is 30.7 Å². The van der Waals surface area contributed by atoms with Crippen molar-refractivity contribution in [1.29, 1.82) is 0 Å². The maximum absolute atomic E-state index is 2.43. The van der Waals surface area contributed by atoms with Crippen LogP contribution < -0.4 is 0 Å². The Morgan fingerprint density at radius 3 is 1.33 bits per heavy atom. The smallest absolute Gasteiger partial charge is 0.0431 e. The van der Waals surface area contributed by atoms with E-state index in [1.807, 2.05) is 0 Å². The Labute approximate surface area is 69.1 Å². The minimum absolute atomic E-state index is 0.506. The fraction of sp³-hybridized carbons (Fsp3) is 1.00. The monoisotopic (exact) mass is 192 g/mol. The topological polar surface area (TPSA) is 0 Å². The van der Waals surface area contributed by atoms with Crippen LogP contribution in [0.4, 0.5) is 0 Å². The average Bonchev–Trinajstić information content (AvgIpc) is 1.95. The first kappa shape index (κ1) is 9.87. The molecule has 0 aromatic rings. The first-order valence-electron chi connectivity index (χ1n) is 4.24. The molecule has 0 radical (unpaired) electrons. The molecular weight excluding hydrogens is 172 g/mol. The van der Waals surface area contributed by atoms with E-state index >= 15 is 0 Å². The van der Waals surface area contributed by atoms with Crippen LogP contribution in [0, 0.1) is 0 Å². The van der Waals surface area contributed by atoms with E-state index in [1.54, 1.807) is 23.0 Å². The molecule has 0 aliphatic heterocycles. The Hall–Kier alpha value is 0.868. The van der Waals surface area contributed by atoms with E-state index in [-0.39, 0.29) is 0 Å². The average molecular weight is 193 g/mol. The molecule has 0 amide bonds. The molecule has 0 unspecified atom stereocenters. The molecule has 0 heterocycles. The third kappa shape index (κ3) is 2.53. The molecule has 0 spiro atoms. The van der Waals surface area contributed by atoms with Crippen molar-refractivity contribution >= 4 is 38.8 Å². The molecule has 56 valence electrons. The van der Waals surface area contributed by atoms with Crippen molar-refractivity contribution in [1.82, 2.24) is 0 Å². The lowest BCUT2D eigenvalue weighted by molar-refractivity contribution is 1.31. The highest BCUT2D eigenvalue weighted by Crippen LogP contribution is 2.19. The highest BCUT2D eigenvalue weighted by atomic mass is 28.4. The molecule has 0 saturated carbocycles. The lowest BCUT2D eigenvalue weighted by atomic mass is 11.0. The van der Waals surface area contributed by atoms with Gasteiger partial charge in [-0.25, -0.2) is 0 Å². The standard InChI is InChI=1S/C5H20Si4/c1-2-9(3-6,4-7)5-8/h2-5H2,1,6-8H3. The molecule has 0 aromatic heterocycles. The van der Waals surface area contributed by atoms with Gasteiger partial charge in [-0.15, -0.1) is 0 Å². The summed E-state index contributed by atoms with van der Waals surface area (Å²) in [4.78, 5) is 0. The van der Waals surface area contributed by atoms with Crippen LogP contribution >= 0.6 is 0 Å². The summed E-state index contributed by atoms with van der Waals surface area (Å²) in [6.07, 6.45) is 0. The van der Waals surface area contributed by atoms with Crippen molar-refractivity contribution in [2.75, 3.05) is 0 Å². The van der Waals surface area contributed by atoms with Crippen molar-refractivity contribution in [3.8, 4) is 0 Å². The summed E-state index contributed by atoms with van der Waals surface area (Å²) in [6.45, 7) is 2.43. The molecule has 9 heavy (non-hydrogen) atoms. The second kappa shape index (κ2) is 4.65. The van der Waals surface area contributed by atoms with E-state index in [9.17, 15) is 0 Å². The molecule has 0 aromatic carbocycles. The maximum atomic E-state index is 2.43. The van der Waals surface area contributed by atoms with Gasteiger partial charge in [0.05, 0.1) is 0 Å². The molecule has 4 heteroatoms. The van der Waals surface area contributed by atoms with Gasteiger partial charge in [0, 0.05) is 8.07 Å². The van der Waals surface area contributed by atoms with Gasteiger partial charge < -0.3 is 0 Å². The summed E-state index contributed by atoms with van der Waals surface area (Å²) in [5, 5.41) is 0. The van der Waals surface area contributed by atoms with Gasteiger partial charge in [0.15, 0.2) is 0 Å². The van der Waals surface area contributed by atoms with Crippen LogP contribution in [0.15, 0.2) is 0 Å². The van der Waals surface area contributed by atoms with Crippen molar-refractivity contribution < 1.29 is 0 Å². The Kier molecular flexibility index (Phi) is 5.10. The van der Waals surface area contributed by atoms with Crippen LogP contribution in [0.25, 0.3) is 0 Å². The zero-order valence-electron chi connectivity index (χ0n) is 7.33. The fourth-order valence-electron chi connectivity index (χ4n) is 1.50. The highest BCUT2D eigenvalue weighted by Gasteiger charge is 2.22. The Bertz CT molecular complexity index is 51.8. The first-order chi connectivity index (χ1) is 4.24. The molecule has 0 fully saturated rings. The Morgan fingerprint density at radius 2 is 1.33 bits per heavy atom. The molecule has 0 aliphatic carbocycles. The van der Waals surface area contributed by atoms with E-state index in [0.717, 1.165) is 0 Å². The lowest BCUT2D eigenvalue weighted by Gasteiger charge is -2.25. The molecule has 0 N–H and O–H groups in total. The molecule has 0 atom stereocenters. The van der Waals surface area contributed by atoms with E-state index in [4.69, 9.17) is 0 Å². The minimum atomic E-state index is -0.506. The van der Waals surface area contributed by atoms with E-state index in [0.29, 0.717) is 0 Å². The van der Waals surface area contributed by atoms with Crippen molar-refractivity contribution in [2.45, 2.75) is 30.0 Å². The zero-order valence-corrected chi connectivity index (χ0v) is 14.3. The third-order valence-electron chi connectivity index (χ3n) is 3.00. The number of hydrogen-bond acceptors (Lipinski definition) is 0. The summed E-state index contributed by atoms with van der Waals surface area (Å²) >= 11 is 0. The predicted octanol–water partition coefficient (Wildman–Crippen LogP) is -1.58. The van der Waals surface area contributed by atoms with Gasteiger partial charge in [0.25, 0.3) is 0 Å². The predicted molar refractivity (Wildman–Crippen MR) is 60.5 cm³/mol. The number of rotatable bonds is 4. The second-order valence-electron chi connectivity index (χ2n) is 2.91. The second-order valence-corrected chi connectivity index (χ2v) is 15.1. The molecule has 0 aliphatic rings. The number of hydrogen-bond donors (Lipinski definition) is 0. The van der Waals surface area contributed by atoms with Crippen LogP contribution in [0.3, 0.4) is 0 Å². The van der Waals surface area contributed by atoms with Crippen molar-refractivity contribution in [3.63, 3.8) is 0 Å². The summed E-state index contributed by atoms with van der Waals surface area (Å²) in [5.41, 5.74) is 5.07. The van der Waals surface area contributed by atoms with Crippen molar-refractivity contribution in [2.24, 2.45) is 0 Å². The van der Waals surface area contributed by atoms with Gasteiger partial charge in [-0.2, -0.15) is 0 Å². The highest BCUT2D eigenvalue weighted by molar-refractivity contribution is 6.91. The van der Waals surface area contributed by atoms with Crippen LogP contribution in [0.1, 0.15) is 6.92 Å². The normalized spacial score (nSPS) is 18.3. The van der Waals surface area contributed by atoms with Crippen molar-refractivity contribution in [3.05, 3.63) is 0 Å². The van der Waals surface area contributed by atoms with Crippen LogP contribution in [-0.4, -0.2) is 38.8 Å².